The summed E-state index contributed by atoms with van der Waals surface area (Å²) in [7, 11) is 0. The largest absolute Gasteiger partial charge is 0.393 e. The van der Waals surface area contributed by atoms with E-state index in [2.05, 4.69) is 44.9 Å². The predicted molar refractivity (Wildman–Crippen MR) is 120 cm³/mol. The maximum absolute atomic E-state index is 9.80. The van der Waals surface area contributed by atoms with Crippen LogP contribution < -0.4 is 10.6 Å². The number of anilines is 2. The van der Waals surface area contributed by atoms with Crippen LogP contribution >= 0.6 is 0 Å². The van der Waals surface area contributed by atoms with Crippen LogP contribution in [0.5, 0.6) is 0 Å². The fourth-order valence-corrected chi connectivity index (χ4v) is 3.84. The Hall–Kier alpha value is -2.99. The van der Waals surface area contributed by atoms with Gasteiger partial charge in [-0.05, 0) is 56.2 Å². The molecule has 3 N–H and O–H groups in total. The molecule has 6 heteroatoms. The second kappa shape index (κ2) is 10.2. The van der Waals surface area contributed by atoms with Crippen molar-refractivity contribution in [1.29, 1.82) is 0 Å². The van der Waals surface area contributed by atoms with Crippen molar-refractivity contribution in [3.8, 4) is 11.3 Å². The summed E-state index contributed by atoms with van der Waals surface area (Å²) < 4.78 is 0. The summed E-state index contributed by atoms with van der Waals surface area (Å²) in [5.74, 6) is 1.43. The standard InChI is InChI=1S/C24H29N5O/c30-20-13-11-19(12-14-20)28-23-21(22-10-4-5-15-25-22)17-27-24(29-23)26-16-6-9-18-7-2-1-3-8-18/h1-5,7-8,10,15,17,19-20,30H,6,9,11-14,16H2,(H2,26,27,28,29). The van der Waals surface area contributed by atoms with Crippen molar-refractivity contribution < 1.29 is 5.11 Å². The lowest BCUT2D eigenvalue weighted by Gasteiger charge is -2.27. The summed E-state index contributed by atoms with van der Waals surface area (Å²) >= 11 is 0. The minimum atomic E-state index is -0.175. The van der Waals surface area contributed by atoms with Crippen LogP contribution in [0.15, 0.2) is 60.9 Å². The third-order valence-corrected chi connectivity index (χ3v) is 5.54. The second-order valence-electron chi connectivity index (χ2n) is 7.84. The lowest BCUT2D eigenvalue weighted by atomic mass is 9.93. The highest BCUT2D eigenvalue weighted by Gasteiger charge is 2.21. The van der Waals surface area contributed by atoms with Gasteiger partial charge in [-0.15, -0.1) is 0 Å². The van der Waals surface area contributed by atoms with Crippen molar-refractivity contribution in [2.75, 3.05) is 17.2 Å². The van der Waals surface area contributed by atoms with Crippen LogP contribution in [0.1, 0.15) is 37.7 Å². The number of hydrogen-bond acceptors (Lipinski definition) is 6. The highest BCUT2D eigenvalue weighted by Crippen LogP contribution is 2.28. The van der Waals surface area contributed by atoms with E-state index in [1.807, 2.05) is 30.5 Å². The smallest absolute Gasteiger partial charge is 0.224 e. The topological polar surface area (TPSA) is 83.0 Å². The Morgan fingerprint density at radius 2 is 1.73 bits per heavy atom. The number of nitrogens with zero attached hydrogens (tertiary/aromatic N) is 3. The molecule has 1 aliphatic rings. The molecule has 156 valence electrons. The fourth-order valence-electron chi connectivity index (χ4n) is 3.84. The van der Waals surface area contributed by atoms with Gasteiger partial charge in [0, 0.05) is 25.0 Å². The molecule has 0 aliphatic heterocycles. The lowest BCUT2D eigenvalue weighted by molar-refractivity contribution is 0.126. The molecule has 3 aromatic rings. The first-order valence-corrected chi connectivity index (χ1v) is 10.8. The Bertz CT molecular complexity index is 911. The number of pyridine rings is 1. The molecule has 0 bridgehead atoms. The van der Waals surface area contributed by atoms with Crippen LogP contribution in [-0.4, -0.2) is 38.7 Å². The van der Waals surface area contributed by atoms with E-state index in [1.54, 1.807) is 6.20 Å². The van der Waals surface area contributed by atoms with Gasteiger partial charge in [0.2, 0.25) is 5.95 Å². The number of aliphatic hydroxyl groups is 1. The van der Waals surface area contributed by atoms with Crippen LogP contribution in [0.4, 0.5) is 11.8 Å². The molecule has 0 saturated heterocycles. The van der Waals surface area contributed by atoms with Gasteiger partial charge in [-0.3, -0.25) is 4.98 Å². The van der Waals surface area contributed by atoms with E-state index in [1.165, 1.54) is 5.56 Å². The zero-order valence-electron chi connectivity index (χ0n) is 17.2. The van der Waals surface area contributed by atoms with Crippen LogP contribution in [0.25, 0.3) is 11.3 Å². The first-order valence-electron chi connectivity index (χ1n) is 10.8. The van der Waals surface area contributed by atoms with Crippen LogP contribution in [0.2, 0.25) is 0 Å². The van der Waals surface area contributed by atoms with Crippen LogP contribution in [-0.2, 0) is 6.42 Å². The third-order valence-electron chi connectivity index (χ3n) is 5.54. The summed E-state index contributed by atoms with van der Waals surface area (Å²) in [6.45, 7) is 0.812. The second-order valence-corrected chi connectivity index (χ2v) is 7.84. The SMILES string of the molecule is OC1CCC(Nc2nc(NCCCc3ccccc3)ncc2-c2ccccn2)CC1. The van der Waals surface area contributed by atoms with E-state index in [-0.39, 0.29) is 6.10 Å². The zero-order valence-corrected chi connectivity index (χ0v) is 17.2. The van der Waals surface area contributed by atoms with Crippen LogP contribution in [0.3, 0.4) is 0 Å². The number of benzene rings is 1. The van der Waals surface area contributed by atoms with E-state index < -0.39 is 0 Å². The van der Waals surface area contributed by atoms with Gasteiger partial charge in [0.05, 0.1) is 17.4 Å². The molecule has 6 nitrogen and oxygen atoms in total. The molecule has 0 atom stereocenters. The highest BCUT2D eigenvalue weighted by atomic mass is 16.3. The Morgan fingerprint density at radius 1 is 0.933 bits per heavy atom. The fraction of sp³-hybridized carbons (Fsp3) is 0.375. The van der Waals surface area contributed by atoms with E-state index in [0.29, 0.717) is 12.0 Å². The Balaban J connectivity index is 1.44. The van der Waals surface area contributed by atoms with Crippen molar-refractivity contribution in [2.24, 2.45) is 0 Å². The molecular weight excluding hydrogens is 374 g/mol. The molecule has 4 rings (SSSR count). The number of rotatable bonds is 8. The Morgan fingerprint density at radius 3 is 2.50 bits per heavy atom. The van der Waals surface area contributed by atoms with Gasteiger partial charge in [0.15, 0.2) is 0 Å². The van der Waals surface area contributed by atoms with Gasteiger partial charge < -0.3 is 15.7 Å². The van der Waals surface area contributed by atoms with Crippen molar-refractivity contribution >= 4 is 11.8 Å². The molecule has 0 amide bonds. The molecular formula is C24H29N5O. The predicted octanol–water partition coefficient (Wildman–Crippen LogP) is 4.30. The minimum absolute atomic E-state index is 0.175. The van der Waals surface area contributed by atoms with Gasteiger partial charge in [-0.2, -0.15) is 4.98 Å². The maximum atomic E-state index is 9.80. The molecule has 1 fully saturated rings. The van der Waals surface area contributed by atoms with Gasteiger partial charge in [0.25, 0.3) is 0 Å². The van der Waals surface area contributed by atoms with Crippen LogP contribution in [0, 0.1) is 0 Å². The molecule has 2 aromatic heterocycles. The number of aliphatic hydroxyl groups excluding tert-OH is 1. The number of aryl methyl sites for hydroxylation is 1. The monoisotopic (exact) mass is 403 g/mol. The molecule has 1 saturated carbocycles. The molecule has 2 heterocycles. The van der Waals surface area contributed by atoms with E-state index in [9.17, 15) is 5.11 Å². The van der Waals surface area contributed by atoms with Gasteiger partial charge in [-0.25, -0.2) is 4.98 Å². The van der Waals surface area contributed by atoms with Crippen molar-refractivity contribution in [3.05, 3.63) is 66.5 Å². The molecule has 0 radical (unpaired) electrons. The summed E-state index contributed by atoms with van der Waals surface area (Å²) in [5.41, 5.74) is 3.09. The summed E-state index contributed by atoms with van der Waals surface area (Å²) in [6, 6.07) is 16.7. The van der Waals surface area contributed by atoms with E-state index >= 15 is 0 Å². The third kappa shape index (κ3) is 5.54. The normalized spacial score (nSPS) is 18.7. The number of nitrogens with one attached hydrogen (secondary N) is 2. The van der Waals surface area contributed by atoms with E-state index in [4.69, 9.17) is 4.98 Å². The molecule has 0 spiro atoms. The van der Waals surface area contributed by atoms with E-state index in [0.717, 1.165) is 62.1 Å². The summed E-state index contributed by atoms with van der Waals surface area (Å²) in [4.78, 5) is 13.8. The zero-order chi connectivity index (χ0) is 20.6. The first-order chi connectivity index (χ1) is 14.8. The molecule has 0 unspecified atom stereocenters. The molecule has 30 heavy (non-hydrogen) atoms. The average Bonchev–Trinajstić information content (AvgIpc) is 2.80. The summed E-state index contributed by atoms with van der Waals surface area (Å²) in [6.07, 6.45) is 9.01. The summed E-state index contributed by atoms with van der Waals surface area (Å²) in [5, 5.41) is 16.7. The quantitative estimate of drug-likeness (QED) is 0.487. The van der Waals surface area contributed by atoms with Crippen molar-refractivity contribution in [3.63, 3.8) is 0 Å². The first kappa shape index (κ1) is 20.3. The molecule has 1 aliphatic carbocycles. The van der Waals surface area contributed by atoms with Gasteiger partial charge >= 0.3 is 0 Å². The lowest BCUT2D eigenvalue weighted by Crippen LogP contribution is -2.29. The van der Waals surface area contributed by atoms with Crippen molar-refractivity contribution in [2.45, 2.75) is 50.7 Å². The van der Waals surface area contributed by atoms with Gasteiger partial charge in [-0.1, -0.05) is 36.4 Å². The highest BCUT2D eigenvalue weighted by molar-refractivity contribution is 5.72. The average molecular weight is 404 g/mol. The van der Waals surface area contributed by atoms with Gasteiger partial charge in [0.1, 0.15) is 5.82 Å². The minimum Gasteiger partial charge on any atom is -0.393 e. The number of aromatic nitrogens is 3. The Kier molecular flexibility index (Phi) is 6.87. The Labute approximate surface area is 177 Å². The maximum Gasteiger partial charge on any atom is 0.224 e. The molecule has 1 aromatic carbocycles. The number of hydrogen-bond donors (Lipinski definition) is 3. The van der Waals surface area contributed by atoms with Crippen molar-refractivity contribution in [1.82, 2.24) is 15.0 Å².